The van der Waals surface area contributed by atoms with Crippen molar-refractivity contribution in [1.82, 2.24) is 20.2 Å². The summed E-state index contributed by atoms with van der Waals surface area (Å²) in [6.07, 6.45) is 1.54. The molecule has 2 aromatic rings. The number of thiol groups is 1. The van der Waals surface area contributed by atoms with E-state index in [0.717, 1.165) is 10.6 Å². The first-order valence-corrected chi connectivity index (χ1v) is 3.83. The highest BCUT2D eigenvalue weighted by molar-refractivity contribution is 7.80. The maximum atomic E-state index is 4.20. The molecule has 0 amide bonds. The summed E-state index contributed by atoms with van der Waals surface area (Å²) in [5.41, 5.74) is 0.910. The quantitative estimate of drug-likeness (QED) is 0.661. The SMILES string of the molecule is Sc1cccc(-n2cnnn2)c1. The number of rotatable bonds is 1. The van der Waals surface area contributed by atoms with E-state index in [-0.39, 0.29) is 0 Å². The molecule has 1 heterocycles. The first-order chi connectivity index (χ1) is 5.86. The average Bonchev–Trinajstić information content (AvgIpc) is 2.56. The normalized spacial score (nSPS) is 10.1. The molecule has 0 spiro atoms. The van der Waals surface area contributed by atoms with Crippen LogP contribution in [0.4, 0.5) is 0 Å². The summed E-state index contributed by atoms with van der Waals surface area (Å²) in [6.45, 7) is 0. The maximum absolute atomic E-state index is 4.20. The summed E-state index contributed by atoms with van der Waals surface area (Å²) in [4.78, 5) is 0.892. The Labute approximate surface area is 74.6 Å². The van der Waals surface area contributed by atoms with E-state index in [4.69, 9.17) is 0 Å². The highest BCUT2D eigenvalue weighted by atomic mass is 32.1. The molecule has 60 valence electrons. The van der Waals surface area contributed by atoms with Crippen LogP contribution < -0.4 is 0 Å². The molecule has 1 aromatic carbocycles. The molecule has 4 nitrogen and oxygen atoms in total. The Morgan fingerprint density at radius 1 is 1.33 bits per heavy atom. The molecule has 0 aliphatic carbocycles. The largest absolute Gasteiger partial charge is 0.201 e. The fourth-order valence-corrected chi connectivity index (χ4v) is 1.13. The van der Waals surface area contributed by atoms with Gasteiger partial charge in [-0.2, -0.15) is 0 Å². The number of aromatic nitrogens is 4. The molecule has 0 saturated carbocycles. The summed E-state index contributed by atoms with van der Waals surface area (Å²) >= 11 is 4.20. The van der Waals surface area contributed by atoms with E-state index < -0.39 is 0 Å². The van der Waals surface area contributed by atoms with Gasteiger partial charge in [0, 0.05) is 4.90 Å². The van der Waals surface area contributed by atoms with Crippen molar-refractivity contribution in [3.63, 3.8) is 0 Å². The van der Waals surface area contributed by atoms with Gasteiger partial charge in [0.05, 0.1) is 5.69 Å². The van der Waals surface area contributed by atoms with Crippen molar-refractivity contribution in [2.24, 2.45) is 0 Å². The summed E-state index contributed by atoms with van der Waals surface area (Å²) in [5.74, 6) is 0. The van der Waals surface area contributed by atoms with Crippen molar-refractivity contribution in [2.45, 2.75) is 4.90 Å². The number of hydrogen-bond acceptors (Lipinski definition) is 4. The Bertz CT molecular complexity index is 371. The van der Waals surface area contributed by atoms with Gasteiger partial charge in [0.15, 0.2) is 0 Å². The minimum Gasteiger partial charge on any atom is -0.201 e. The van der Waals surface area contributed by atoms with E-state index in [1.807, 2.05) is 24.3 Å². The Morgan fingerprint density at radius 2 is 2.25 bits per heavy atom. The molecule has 0 aliphatic rings. The molecule has 5 heteroatoms. The number of benzene rings is 1. The van der Waals surface area contributed by atoms with Crippen LogP contribution in [0, 0.1) is 0 Å². The first kappa shape index (κ1) is 7.30. The summed E-state index contributed by atoms with van der Waals surface area (Å²) in [7, 11) is 0. The van der Waals surface area contributed by atoms with E-state index in [1.54, 1.807) is 11.0 Å². The Kier molecular flexibility index (Phi) is 1.79. The third-order valence-electron chi connectivity index (χ3n) is 1.44. The van der Waals surface area contributed by atoms with E-state index in [2.05, 4.69) is 28.2 Å². The Balaban J connectivity index is 2.48. The van der Waals surface area contributed by atoms with Crippen LogP contribution in [0.15, 0.2) is 35.5 Å². The smallest absolute Gasteiger partial charge is 0.143 e. The van der Waals surface area contributed by atoms with Gasteiger partial charge in [-0.05, 0) is 28.6 Å². The second-order valence-corrected chi connectivity index (χ2v) is 2.79. The van der Waals surface area contributed by atoms with Gasteiger partial charge in [-0.15, -0.1) is 17.7 Å². The molecular weight excluding hydrogens is 172 g/mol. The van der Waals surface area contributed by atoms with Gasteiger partial charge in [0.1, 0.15) is 6.33 Å². The monoisotopic (exact) mass is 178 g/mol. The van der Waals surface area contributed by atoms with Crippen LogP contribution in [0.3, 0.4) is 0 Å². The molecule has 0 atom stereocenters. The maximum Gasteiger partial charge on any atom is 0.143 e. The summed E-state index contributed by atoms with van der Waals surface area (Å²) < 4.78 is 1.58. The third kappa shape index (κ3) is 1.31. The minimum atomic E-state index is 0.892. The van der Waals surface area contributed by atoms with Crippen LogP contribution in [0.25, 0.3) is 5.69 Å². The van der Waals surface area contributed by atoms with Crippen LogP contribution in [0.5, 0.6) is 0 Å². The van der Waals surface area contributed by atoms with Crippen LogP contribution >= 0.6 is 12.6 Å². The molecule has 0 fully saturated rings. The van der Waals surface area contributed by atoms with Gasteiger partial charge in [-0.25, -0.2) is 4.68 Å². The fraction of sp³-hybridized carbons (Fsp3) is 0. The third-order valence-corrected chi connectivity index (χ3v) is 1.72. The number of tetrazole rings is 1. The standard InChI is InChI=1S/C7H6N4S/c12-7-3-1-2-6(4-7)11-5-8-9-10-11/h1-5,12H. The summed E-state index contributed by atoms with van der Waals surface area (Å²) in [5, 5.41) is 10.8. The van der Waals surface area contributed by atoms with Gasteiger partial charge in [0.2, 0.25) is 0 Å². The lowest BCUT2D eigenvalue weighted by Gasteiger charge is -1.98. The Morgan fingerprint density at radius 3 is 2.92 bits per heavy atom. The van der Waals surface area contributed by atoms with Gasteiger partial charge in [-0.1, -0.05) is 6.07 Å². The van der Waals surface area contributed by atoms with Gasteiger partial charge in [-0.3, -0.25) is 0 Å². The van der Waals surface area contributed by atoms with Crippen molar-refractivity contribution < 1.29 is 0 Å². The molecule has 0 unspecified atom stereocenters. The molecular formula is C7H6N4S. The van der Waals surface area contributed by atoms with Gasteiger partial charge < -0.3 is 0 Å². The fourth-order valence-electron chi connectivity index (χ4n) is 0.915. The molecule has 0 bridgehead atoms. The molecule has 0 radical (unpaired) electrons. The zero-order valence-electron chi connectivity index (χ0n) is 6.12. The lowest BCUT2D eigenvalue weighted by atomic mass is 10.3. The predicted molar refractivity (Wildman–Crippen MR) is 46.4 cm³/mol. The van der Waals surface area contributed by atoms with E-state index in [0.29, 0.717) is 0 Å². The molecule has 0 N–H and O–H groups in total. The van der Waals surface area contributed by atoms with Crippen LogP contribution in [0.1, 0.15) is 0 Å². The van der Waals surface area contributed by atoms with Crippen LogP contribution in [-0.2, 0) is 0 Å². The van der Waals surface area contributed by atoms with Crippen molar-refractivity contribution in [2.75, 3.05) is 0 Å². The molecule has 1 aromatic heterocycles. The van der Waals surface area contributed by atoms with E-state index >= 15 is 0 Å². The molecule has 2 rings (SSSR count). The van der Waals surface area contributed by atoms with Crippen LogP contribution in [-0.4, -0.2) is 20.2 Å². The second kappa shape index (κ2) is 2.94. The molecule has 12 heavy (non-hydrogen) atoms. The van der Waals surface area contributed by atoms with Gasteiger partial charge >= 0.3 is 0 Å². The van der Waals surface area contributed by atoms with Crippen molar-refractivity contribution in [3.05, 3.63) is 30.6 Å². The van der Waals surface area contributed by atoms with Crippen molar-refractivity contribution in [3.8, 4) is 5.69 Å². The van der Waals surface area contributed by atoms with E-state index in [1.165, 1.54) is 0 Å². The number of hydrogen-bond donors (Lipinski definition) is 1. The minimum absolute atomic E-state index is 0.892. The lowest BCUT2D eigenvalue weighted by Crippen LogP contribution is -1.94. The van der Waals surface area contributed by atoms with Crippen molar-refractivity contribution in [1.29, 1.82) is 0 Å². The highest BCUT2D eigenvalue weighted by Gasteiger charge is 1.96. The van der Waals surface area contributed by atoms with E-state index in [9.17, 15) is 0 Å². The first-order valence-electron chi connectivity index (χ1n) is 3.38. The molecule has 0 saturated heterocycles. The zero-order chi connectivity index (χ0) is 8.39. The zero-order valence-corrected chi connectivity index (χ0v) is 7.02. The summed E-state index contributed by atoms with van der Waals surface area (Å²) in [6, 6.07) is 7.60. The van der Waals surface area contributed by atoms with Crippen LogP contribution in [0.2, 0.25) is 0 Å². The Hall–Kier alpha value is -1.36. The van der Waals surface area contributed by atoms with Crippen molar-refractivity contribution >= 4 is 12.6 Å². The second-order valence-electron chi connectivity index (χ2n) is 2.27. The number of nitrogens with zero attached hydrogens (tertiary/aromatic N) is 4. The lowest BCUT2D eigenvalue weighted by molar-refractivity contribution is 0.787. The average molecular weight is 178 g/mol. The highest BCUT2D eigenvalue weighted by Crippen LogP contribution is 2.10. The molecule has 0 aliphatic heterocycles. The predicted octanol–water partition coefficient (Wildman–Crippen LogP) is 0.951. The topological polar surface area (TPSA) is 43.6 Å². The van der Waals surface area contributed by atoms with Gasteiger partial charge in [0.25, 0.3) is 0 Å².